The fourth-order valence-electron chi connectivity index (χ4n) is 6.67. The Balaban J connectivity index is 1.45. The highest BCUT2D eigenvalue weighted by atomic mass is 16.4. The van der Waals surface area contributed by atoms with Gasteiger partial charge in [-0.2, -0.15) is 0 Å². The summed E-state index contributed by atoms with van der Waals surface area (Å²) in [6, 6.07) is 15.5. The number of carbonyl (C=O) groups excluding carboxylic acids is 1. The first-order valence-corrected chi connectivity index (χ1v) is 12.8. The topological polar surface area (TPSA) is 46.6 Å². The van der Waals surface area contributed by atoms with Crippen molar-refractivity contribution in [2.24, 2.45) is 11.3 Å². The summed E-state index contributed by atoms with van der Waals surface area (Å²) < 4.78 is 0. The lowest BCUT2D eigenvalue weighted by Gasteiger charge is -2.53. The van der Waals surface area contributed by atoms with Gasteiger partial charge in [-0.1, -0.05) is 69.7 Å². The van der Waals surface area contributed by atoms with E-state index in [9.17, 15) is 9.90 Å². The van der Waals surface area contributed by atoms with Gasteiger partial charge >= 0.3 is 0 Å². The van der Waals surface area contributed by atoms with Crippen LogP contribution in [0.4, 0.5) is 4.79 Å². The number of fused-ring (bicyclic) bond motifs is 4. The minimum atomic E-state index is -1.01. The van der Waals surface area contributed by atoms with Crippen LogP contribution >= 0.6 is 0 Å². The van der Waals surface area contributed by atoms with Crippen molar-refractivity contribution in [2.45, 2.75) is 71.4 Å². The Kier molecular flexibility index (Phi) is 5.98. The zero-order valence-electron chi connectivity index (χ0n) is 20.3. The highest BCUT2D eigenvalue weighted by Gasteiger charge is 2.48. The van der Waals surface area contributed by atoms with Gasteiger partial charge in [0.25, 0.3) is 0 Å². The quantitative estimate of drug-likeness (QED) is 0.624. The molecule has 0 radical (unpaired) electrons. The molecule has 0 saturated carbocycles. The van der Waals surface area contributed by atoms with Gasteiger partial charge in [-0.3, -0.25) is 0 Å². The summed E-state index contributed by atoms with van der Waals surface area (Å²) in [5, 5.41) is 12.6. The molecule has 3 fully saturated rings. The molecule has 0 unspecified atom stereocenters. The molecule has 4 heteroatoms. The second kappa shape index (κ2) is 8.79. The second-order valence-corrected chi connectivity index (χ2v) is 11.2. The van der Waals surface area contributed by atoms with Crippen LogP contribution in [0, 0.1) is 11.3 Å². The first-order chi connectivity index (χ1) is 15.9. The maximum absolute atomic E-state index is 12.6. The van der Waals surface area contributed by atoms with Gasteiger partial charge in [-0.25, -0.2) is 0 Å². The maximum Gasteiger partial charge on any atom is 0.137 e. The van der Waals surface area contributed by atoms with E-state index in [1.807, 2.05) is 0 Å². The van der Waals surface area contributed by atoms with Gasteiger partial charge < -0.3 is 19.7 Å². The Labute approximate surface area is 198 Å². The SMILES string of the molecule is CCCCc1ccc(-c2ccc3c(c2)CC(C)(C)[C@H]3N(C(=O)[O-])[C@@H]2CN3CCC2CC3)cc1. The molecule has 0 aromatic heterocycles. The molecule has 1 amide bonds. The number of hydrogen-bond acceptors (Lipinski definition) is 3. The van der Waals surface area contributed by atoms with E-state index in [2.05, 4.69) is 68.1 Å². The Morgan fingerprint density at radius 2 is 1.79 bits per heavy atom. The molecule has 3 aliphatic heterocycles. The molecule has 2 aromatic carbocycles. The molecule has 3 heterocycles. The zero-order valence-corrected chi connectivity index (χ0v) is 20.3. The van der Waals surface area contributed by atoms with Gasteiger partial charge in [0, 0.05) is 12.6 Å². The summed E-state index contributed by atoms with van der Waals surface area (Å²) in [5.74, 6) is 0.457. The molecule has 6 rings (SSSR count). The predicted molar refractivity (Wildman–Crippen MR) is 131 cm³/mol. The van der Waals surface area contributed by atoms with Crippen molar-refractivity contribution >= 4 is 6.09 Å². The summed E-state index contributed by atoms with van der Waals surface area (Å²) in [4.78, 5) is 16.7. The molecule has 3 saturated heterocycles. The lowest BCUT2D eigenvalue weighted by atomic mass is 9.79. The molecule has 2 bridgehead atoms. The van der Waals surface area contributed by atoms with Gasteiger partial charge in [-0.05, 0) is 84.3 Å². The van der Waals surface area contributed by atoms with Crippen LogP contribution in [0.25, 0.3) is 11.1 Å². The van der Waals surface area contributed by atoms with E-state index in [-0.39, 0.29) is 17.5 Å². The van der Waals surface area contributed by atoms with Crippen molar-refractivity contribution < 1.29 is 9.90 Å². The number of benzene rings is 2. The number of amides is 1. The summed E-state index contributed by atoms with van der Waals surface area (Å²) in [6.07, 6.45) is 5.65. The molecule has 4 aliphatic rings. The zero-order chi connectivity index (χ0) is 23.2. The number of rotatable bonds is 6. The highest BCUT2D eigenvalue weighted by molar-refractivity contribution is 5.68. The summed E-state index contributed by atoms with van der Waals surface area (Å²) in [5.41, 5.74) is 6.14. The van der Waals surface area contributed by atoms with Crippen LogP contribution in [0.2, 0.25) is 0 Å². The lowest BCUT2D eigenvalue weighted by Crippen LogP contribution is -2.62. The van der Waals surface area contributed by atoms with Gasteiger partial charge in [0.05, 0.1) is 6.04 Å². The highest BCUT2D eigenvalue weighted by Crippen LogP contribution is 2.51. The smallest absolute Gasteiger partial charge is 0.137 e. The largest absolute Gasteiger partial charge is 0.530 e. The fraction of sp³-hybridized carbons (Fsp3) is 0.552. The van der Waals surface area contributed by atoms with Gasteiger partial charge in [0.1, 0.15) is 6.09 Å². The van der Waals surface area contributed by atoms with Crippen LogP contribution in [0.3, 0.4) is 0 Å². The maximum atomic E-state index is 12.6. The third-order valence-electron chi connectivity index (χ3n) is 8.40. The van der Waals surface area contributed by atoms with Crippen LogP contribution in [0.1, 0.15) is 69.2 Å². The number of piperidine rings is 3. The summed E-state index contributed by atoms with van der Waals surface area (Å²) in [6.45, 7) is 9.73. The number of carboxylic acid groups (broad SMARTS) is 1. The summed E-state index contributed by atoms with van der Waals surface area (Å²) in [7, 11) is 0. The van der Waals surface area contributed by atoms with Crippen molar-refractivity contribution in [3.8, 4) is 11.1 Å². The first kappa shape index (κ1) is 22.5. The van der Waals surface area contributed by atoms with E-state index in [1.54, 1.807) is 4.90 Å². The average molecular weight is 446 g/mol. The Morgan fingerprint density at radius 3 is 2.39 bits per heavy atom. The molecule has 2 atom stereocenters. The van der Waals surface area contributed by atoms with Gasteiger partial charge in [-0.15, -0.1) is 0 Å². The van der Waals surface area contributed by atoms with E-state index >= 15 is 0 Å². The van der Waals surface area contributed by atoms with Crippen LogP contribution in [0.5, 0.6) is 0 Å². The van der Waals surface area contributed by atoms with Crippen molar-refractivity contribution in [1.29, 1.82) is 0 Å². The monoisotopic (exact) mass is 445 g/mol. The van der Waals surface area contributed by atoms with Crippen LogP contribution in [0.15, 0.2) is 42.5 Å². The first-order valence-electron chi connectivity index (χ1n) is 12.8. The number of nitrogens with zero attached hydrogens (tertiary/aromatic N) is 2. The predicted octanol–water partition coefficient (Wildman–Crippen LogP) is 5.06. The molecule has 1 aliphatic carbocycles. The van der Waals surface area contributed by atoms with Gasteiger partial charge in [0.15, 0.2) is 0 Å². The van der Waals surface area contributed by atoms with Crippen LogP contribution in [-0.2, 0) is 12.8 Å². The molecular weight excluding hydrogens is 408 g/mol. The minimum absolute atomic E-state index is 0.0445. The molecule has 0 N–H and O–H groups in total. The van der Waals surface area contributed by atoms with E-state index in [1.165, 1.54) is 40.7 Å². The summed E-state index contributed by atoms with van der Waals surface area (Å²) >= 11 is 0. The molecule has 33 heavy (non-hydrogen) atoms. The molecule has 0 spiro atoms. The van der Waals surface area contributed by atoms with Crippen molar-refractivity contribution in [3.05, 3.63) is 59.2 Å². The van der Waals surface area contributed by atoms with E-state index in [0.29, 0.717) is 5.92 Å². The molecular formula is C29H37N2O2-. The third-order valence-corrected chi connectivity index (χ3v) is 8.40. The van der Waals surface area contributed by atoms with Crippen LogP contribution in [-0.4, -0.2) is 41.6 Å². The standard InChI is InChI=1S/C29H38N2O2/c1-4-5-6-20-7-9-21(10-8-20)23-11-12-25-24(17-23)18-29(2,3)27(25)31(28(32)33)26-19-30-15-13-22(26)14-16-30/h7-12,17,22,26-27H,4-6,13-16,18-19H2,1-3H3,(H,32,33)/p-1/t26-,27+/m1/s1. The second-order valence-electron chi connectivity index (χ2n) is 11.2. The van der Waals surface area contributed by atoms with Crippen molar-refractivity contribution in [3.63, 3.8) is 0 Å². The van der Waals surface area contributed by atoms with Gasteiger partial charge in [0.2, 0.25) is 0 Å². The lowest BCUT2D eigenvalue weighted by molar-refractivity contribution is -0.276. The number of unbranched alkanes of at least 4 members (excludes halogenated alkanes) is 1. The third kappa shape index (κ3) is 4.19. The number of hydrogen-bond donors (Lipinski definition) is 0. The number of aryl methyl sites for hydroxylation is 1. The molecule has 4 nitrogen and oxygen atoms in total. The van der Waals surface area contributed by atoms with E-state index < -0.39 is 6.09 Å². The van der Waals surface area contributed by atoms with Crippen molar-refractivity contribution in [2.75, 3.05) is 19.6 Å². The van der Waals surface area contributed by atoms with Crippen molar-refractivity contribution in [1.82, 2.24) is 9.80 Å². The fourth-order valence-corrected chi connectivity index (χ4v) is 6.67. The van der Waals surface area contributed by atoms with E-state index in [0.717, 1.165) is 45.3 Å². The van der Waals surface area contributed by atoms with E-state index in [4.69, 9.17) is 0 Å². The van der Waals surface area contributed by atoms with Crippen LogP contribution < -0.4 is 5.11 Å². The normalized spacial score (nSPS) is 27.4. The Morgan fingerprint density at radius 1 is 1.09 bits per heavy atom. The average Bonchev–Trinajstić information content (AvgIpc) is 3.08. The molecule has 176 valence electrons. The number of carbonyl (C=O) groups is 1. The Hall–Kier alpha value is -2.33. The Bertz CT molecular complexity index is 1000. The molecule has 2 aromatic rings. The minimum Gasteiger partial charge on any atom is -0.530 e.